The zero-order chi connectivity index (χ0) is 22.3. The first-order chi connectivity index (χ1) is 14.7. The minimum atomic E-state index is -3.86. The van der Waals surface area contributed by atoms with Gasteiger partial charge in [0.05, 0.1) is 5.92 Å². The Morgan fingerprint density at radius 3 is 2.23 bits per heavy atom. The van der Waals surface area contributed by atoms with Gasteiger partial charge in [-0.2, -0.15) is 4.31 Å². The molecule has 2 aromatic rings. The van der Waals surface area contributed by atoms with E-state index < -0.39 is 27.2 Å². The van der Waals surface area contributed by atoms with E-state index in [-0.39, 0.29) is 18.5 Å². The van der Waals surface area contributed by atoms with Crippen LogP contribution in [0.1, 0.15) is 42.7 Å². The number of hydrogen-bond donors (Lipinski definition) is 1. The second-order valence-corrected chi connectivity index (χ2v) is 10.7. The molecule has 4 atom stereocenters. The Hall–Kier alpha value is -2.38. The lowest BCUT2D eigenvalue weighted by molar-refractivity contribution is -0.141. The fourth-order valence-electron chi connectivity index (χ4n) is 5.24. The molecule has 0 aromatic heterocycles. The van der Waals surface area contributed by atoms with E-state index >= 15 is 0 Å². The number of anilines is 1. The number of nitrogens with zero attached hydrogens (tertiary/aromatic N) is 2. The van der Waals surface area contributed by atoms with Crippen LogP contribution in [-0.4, -0.2) is 49.0 Å². The standard InChI is InChI=1S/C24H30N2O4S/c1-4-18-9-11-20(12-10-18)25-14-16(2)26(17(3)15-25)31(29,30)23-21-8-6-5-7-19(21)13-22(23)24(27)28/h5-12,16-17,22-23H,4,13-15H2,1-3H3,(H,27,28)/t16?,17?,22-,23+/m0/s1. The van der Waals surface area contributed by atoms with Crippen LogP contribution in [0, 0.1) is 5.92 Å². The van der Waals surface area contributed by atoms with Crippen LogP contribution in [0.2, 0.25) is 0 Å². The van der Waals surface area contributed by atoms with Crippen molar-refractivity contribution in [2.24, 2.45) is 5.92 Å². The van der Waals surface area contributed by atoms with Crippen molar-refractivity contribution in [3.8, 4) is 0 Å². The summed E-state index contributed by atoms with van der Waals surface area (Å²) in [6.45, 7) is 7.09. The van der Waals surface area contributed by atoms with Crippen LogP contribution in [0.5, 0.6) is 0 Å². The molecule has 2 aromatic carbocycles. The van der Waals surface area contributed by atoms with Crippen LogP contribution in [0.15, 0.2) is 48.5 Å². The molecule has 2 aliphatic rings. The molecular formula is C24H30N2O4S. The normalized spacial score (nSPS) is 26.6. The highest BCUT2D eigenvalue weighted by Gasteiger charge is 2.50. The molecule has 1 aliphatic carbocycles. The summed E-state index contributed by atoms with van der Waals surface area (Å²) in [5.74, 6) is -2.01. The maximum atomic E-state index is 13.9. The van der Waals surface area contributed by atoms with E-state index in [4.69, 9.17) is 0 Å². The first-order valence-electron chi connectivity index (χ1n) is 10.9. The summed E-state index contributed by atoms with van der Waals surface area (Å²) in [4.78, 5) is 14.2. The van der Waals surface area contributed by atoms with Gasteiger partial charge in [0.15, 0.2) is 0 Å². The molecule has 7 heteroatoms. The molecule has 2 unspecified atom stereocenters. The van der Waals surface area contributed by atoms with Gasteiger partial charge in [-0.3, -0.25) is 4.79 Å². The van der Waals surface area contributed by atoms with Gasteiger partial charge in [-0.1, -0.05) is 43.3 Å². The maximum Gasteiger partial charge on any atom is 0.308 e. The topological polar surface area (TPSA) is 77.9 Å². The number of piperazine rings is 1. The molecule has 1 aliphatic heterocycles. The maximum absolute atomic E-state index is 13.9. The summed E-state index contributed by atoms with van der Waals surface area (Å²) >= 11 is 0. The Bertz CT molecular complexity index is 1060. The molecule has 6 nitrogen and oxygen atoms in total. The quantitative estimate of drug-likeness (QED) is 0.767. The number of hydrogen-bond acceptors (Lipinski definition) is 4. The van der Waals surface area contributed by atoms with Crippen LogP contribution < -0.4 is 4.90 Å². The number of rotatable bonds is 5. The fraction of sp³-hybridized carbons (Fsp3) is 0.458. The molecule has 0 bridgehead atoms. The molecule has 0 amide bonds. The highest BCUT2D eigenvalue weighted by Crippen LogP contribution is 2.44. The number of aliphatic carboxylic acids is 1. The van der Waals surface area contributed by atoms with Crippen molar-refractivity contribution in [2.75, 3.05) is 18.0 Å². The van der Waals surface area contributed by atoms with Gasteiger partial charge in [0.1, 0.15) is 5.25 Å². The third-order valence-electron chi connectivity index (χ3n) is 6.65. The zero-order valence-electron chi connectivity index (χ0n) is 18.2. The SMILES string of the molecule is CCc1ccc(N2CC(C)N(S(=O)(=O)[C@@H]3c4ccccc4C[C@@H]3C(=O)O)C(C)C2)cc1. The van der Waals surface area contributed by atoms with E-state index in [2.05, 4.69) is 36.1 Å². The summed E-state index contributed by atoms with van der Waals surface area (Å²) in [5.41, 5.74) is 3.80. The Labute approximate surface area is 184 Å². The van der Waals surface area contributed by atoms with E-state index in [0.29, 0.717) is 18.7 Å². The van der Waals surface area contributed by atoms with Crippen molar-refractivity contribution < 1.29 is 18.3 Å². The van der Waals surface area contributed by atoms with Crippen LogP contribution in [0.25, 0.3) is 0 Å². The molecule has 31 heavy (non-hydrogen) atoms. The second-order valence-electron chi connectivity index (χ2n) is 8.77. The third kappa shape index (κ3) is 3.85. The van der Waals surface area contributed by atoms with Crippen molar-refractivity contribution in [3.05, 3.63) is 65.2 Å². The first-order valence-corrected chi connectivity index (χ1v) is 12.4. The Kier molecular flexibility index (Phi) is 5.83. The summed E-state index contributed by atoms with van der Waals surface area (Å²) < 4.78 is 29.3. The number of aryl methyl sites for hydroxylation is 1. The average molecular weight is 443 g/mol. The summed E-state index contributed by atoms with van der Waals surface area (Å²) in [6, 6.07) is 15.1. The average Bonchev–Trinajstić information content (AvgIpc) is 3.14. The number of fused-ring (bicyclic) bond motifs is 1. The lowest BCUT2D eigenvalue weighted by Gasteiger charge is -2.45. The molecule has 1 fully saturated rings. The number of carbonyl (C=O) groups is 1. The molecule has 0 spiro atoms. The van der Waals surface area contributed by atoms with Crippen molar-refractivity contribution in [1.82, 2.24) is 4.31 Å². The van der Waals surface area contributed by atoms with E-state index in [1.54, 1.807) is 16.4 Å². The van der Waals surface area contributed by atoms with E-state index in [1.165, 1.54) is 5.56 Å². The largest absolute Gasteiger partial charge is 0.481 e. The molecule has 1 N–H and O–H groups in total. The molecular weight excluding hydrogens is 412 g/mol. The zero-order valence-corrected chi connectivity index (χ0v) is 19.0. The minimum Gasteiger partial charge on any atom is -0.481 e. The molecule has 4 rings (SSSR count). The number of carboxylic acid groups (broad SMARTS) is 1. The third-order valence-corrected chi connectivity index (χ3v) is 9.18. The van der Waals surface area contributed by atoms with Gasteiger partial charge in [-0.25, -0.2) is 8.42 Å². The van der Waals surface area contributed by atoms with Crippen LogP contribution in [0.3, 0.4) is 0 Å². The molecule has 0 radical (unpaired) electrons. The van der Waals surface area contributed by atoms with Crippen molar-refractivity contribution in [2.45, 2.75) is 50.9 Å². The van der Waals surface area contributed by atoms with Gasteiger partial charge >= 0.3 is 5.97 Å². The number of benzene rings is 2. The molecule has 1 saturated heterocycles. The van der Waals surface area contributed by atoms with E-state index in [0.717, 1.165) is 17.7 Å². The molecule has 1 heterocycles. The van der Waals surface area contributed by atoms with Gasteiger partial charge in [-0.05, 0) is 55.5 Å². The summed E-state index contributed by atoms with van der Waals surface area (Å²) in [7, 11) is -3.86. The van der Waals surface area contributed by atoms with Crippen LogP contribution in [-0.2, 0) is 27.7 Å². The highest BCUT2D eigenvalue weighted by molar-refractivity contribution is 7.89. The lowest BCUT2D eigenvalue weighted by Crippen LogP contribution is -2.59. The molecule has 166 valence electrons. The number of sulfonamides is 1. The second kappa shape index (κ2) is 8.28. The first kappa shape index (κ1) is 21.8. The van der Waals surface area contributed by atoms with Crippen molar-refractivity contribution >= 4 is 21.7 Å². The van der Waals surface area contributed by atoms with Gasteiger partial charge in [0.25, 0.3) is 0 Å². The minimum absolute atomic E-state index is 0.252. The van der Waals surface area contributed by atoms with E-state index in [9.17, 15) is 18.3 Å². The van der Waals surface area contributed by atoms with Gasteiger partial charge in [0, 0.05) is 30.9 Å². The Morgan fingerprint density at radius 2 is 1.65 bits per heavy atom. The Morgan fingerprint density at radius 1 is 1.03 bits per heavy atom. The summed E-state index contributed by atoms with van der Waals surface area (Å²) in [6.07, 6.45) is 1.23. The molecule has 0 saturated carbocycles. The van der Waals surface area contributed by atoms with E-state index in [1.807, 2.05) is 26.0 Å². The number of carboxylic acids is 1. The highest BCUT2D eigenvalue weighted by atomic mass is 32.2. The summed E-state index contributed by atoms with van der Waals surface area (Å²) in [5, 5.41) is 8.75. The van der Waals surface area contributed by atoms with Gasteiger partial charge < -0.3 is 10.0 Å². The smallest absolute Gasteiger partial charge is 0.308 e. The van der Waals surface area contributed by atoms with Crippen LogP contribution >= 0.6 is 0 Å². The lowest BCUT2D eigenvalue weighted by atomic mass is 10.1. The van der Waals surface area contributed by atoms with Gasteiger partial charge in [-0.15, -0.1) is 0 Å². The van der Waals surface area contributed by atoms with Crippen molar-refractivity contribution in [1.29, 1.82) is 0 Å². The van der Waals surface area contributed by atoms with Crippen LogP contribution in [0.4, 0.5) is 5.69 Å². The Balaban J connectivity index is 1.63. The predicted molar refractivity (Wildman–Crippen MR) is 122 cm³/mol. The monoisotopic (exact) mass is 442 g/mol. The van der Waals surface area contributed by atoms with Gasteiger partial charge in [0.2, 0.25) is 10.0 Å². The fourth-order valence-corrected chi connectivity index (χ4v) is 7.81. The predicted octanol–water partition coefficient (Wildman–Crippen LogP) is 3.48. The van der Waals surface area contributed by atoms with Crippen molar-refractivity contribution in [3.63, 3.8) is 0 Å².